The molecule has 0 aliphatic heterocycles. The van der Waals surface area contributed by atoms with Crippen molar-refractivity contribution in [3.8, 4) is 0 Å². The Morgan fingerprint density at radius 1 is 1.43 bits per heavy atom. The van der Waals surface area contributed by atoms with Crippen LogP contribution in [0.5, 0.6) is 0 Å². The predicted molar refractivity (Wildman–Crippen MR) is 28.6 cm³/mol. The van der Waals surface area contributed by atoms with Crippen molar-refractivity contribution < 1.29 is 0 Å². The number of hydrogen-bond acceptors (Lipinski definition) is 0. The summed E-state index contributed by atoms with van der Waals surface area (Å²) in [6.07, 6.45) is 9.69. The summed E-state index contributed by atoms with van der Waals surface area (Å²) in [4.78, 5) is 0. The monoisotopic (exact) mass is 93.1 g/mol. The molecule has 1 radical (unpaired) electrons. The first-order valence-corrected chi connectivity index (χ1v) is 3.02. The Morgan fingerprint density at radius 3 is 2.43 bits per heavy atom. The molecule has 0 heteroatoms. The van der Waals surface area contributed by atoms with Gasteiger partial charge < -0.3 is 0 Å². The first-order chi connectivity index (χ1) is 3.45. The lowest BCUT2D eigenvalue weighted by molar-refractivity contribution is 0.220. The molecule has 0 aromatic heterocycles. The lowest BCUT2D eigenvalue weighted by Crippen LogP contribution is -2.24. The molecule has 37 valence electrons. The molecule has 3 aliphatic carbocycles. The minimum absolute atomic E-state index is 0.943. The molecule has 3 rings (SSSR count). The smallest absolute Gasteiger partial charge is 0.0222 e. The third-order valence-corrected chi connectivity index (χ3v) is 2.03. The van der Waals surface area contributed by atoms with E-state index in [1.807, 2.05) is 0 Å². The lowest BCUT2D eigenvalue weighted by Gasteiger charge is -2.36. The normalized spacial score (nSPS) is 45.7. The molecule has 1 saturated carbocycles. The van der Waals surface area contributed by atoms with E-state index < -0.39 is 0 Å². The molecule has 2 bridgehead atoms. The maximum atomic E-state index is 3.26. The number of hydrogen-bond donors (Lipinski definition) is 0. The van der Waals surface area contributed by atoms with E-state index >= 15 is 0 Å². The zero-order valence-electron chi connectivity index (χ0n) is 4.35. The molecular formula is C7H9. The van der Waals surface area contributed by atoms with E-state index in [-0.39, 0.29) is 0 Å². The van der Waals surface area contributed by atoms with Crippen LogP contribution in [0, 0.1) is 17.9 Å². The zero-order chi connectivity index (χ0) is 4.69. The second kappa shape index (κ2) is 1.12. The molecule has 3 aliphatic rings. The quantitative estimate of drug-likeness (QED) is 0.428. The van der Waals surface area contributed by atoms with Crippen LogP contribution in [0.15, 0.2) is 6.08 Å². The van der Waals surface area contributed by atoms with Crippen molar-refractivity contribution in [3.63, 3.8) is 0 Å². The van der Waals surface area contributed by atoms with Crippen molar-refractivity contribution in [3.05, 3.63) is 12.2 Å². The summed E-state index contributed by atoms with van der Waals surface area (Å²) in [5, 5.41) is 0. The Balaban J connectivity index is 2.18. The number of allylic oxidation sites excluding steroid dienone is 2. The molecule has 0 N–H and O–H groups in total. The third-order valence-electron chi connectivity index (χ3n) is 2.03. The minimum atomic E-state index is 0.943. The largest absolute Gasteiger partial charge is 0.0779 e. The highest BCUT2D eigenvalue weighted by atomic mass is 14.3. The molecule has 0 heterocycles. The molecule has 0 aromatic carbocycles. The lowest BCUT2D eigenvalue weighted by atomic mass is 9.69. The van der Waals surface area contributed by atoms with Crippen LogP contribution in [0.3, 0.4) is 0 Å². The average molecular weight is 93.1 g/mol. The fourth-order valence-electron chi connectivity index (χ4n) is 1.49. The van der Waals surface area contributed by atoms with Gasteiger partial charge in [0.25, 0.3) is 0 Å². The maximum Gasteiger partial charge on any atom is -0.0222 e. The van der Waals surface area contributed by atoms with Crippen LogP contribution >= 0.6 is 0 Å². The Bertz CT molecular complexity index is 96.6. The average Bonchev–Trinajstić information content (AvgIpc) is 1.67. The number of rotatable bonds is 0. The van der Waals surface area contributed by atoms with Crippen molar-refractivity contribution in [2.45, 2.75) is 19.3 Å². The topological polar surface area (TPSA) is 0 Å². The van der Waals surface area contributed by atoms with Gasteiger partial charge in [0.2, 0.25) is 0 Å². The van der Waals surface area contributed by atoms with Crippen LogP contribution in [-0.2, 0) is 0 Å². The van der Waals surface area contributed by atoms with Crippen molar-refractivity contribution in [2.24, 2.45) is 11.8 Å². The van der Waals surface area contributed by atoms with Crippen molar-refractivity contribution >= 4 is 0 Å². The Morgan fingerprint density at radius 2 is 2.29 bits per heavy atom. The van der Waals surface area contributed by atoms with Crippen LogP contribution in [-0.4, -0.2) is 0 Å². The van der Waals surface area contributed by atoms with Gasteiger partial charge in [-0.05, 0) is 37.2 Å². The van der Waals surface area contributed by atoms with Gasteiger partial charge in [-0.3, -0.25) is 0 Å². The van der Waals surface area contributed by atoms with Crippen LogP contribution in [0.4, 0.5) is 0 Å². The highest BCUT2D eigenvalue weighted by molar-refractivity contribution is 4.99. The highest BCUT2D eigenvalue weighted by Crippen LogP contribution is 2.40. The van der Waals surface area contributed by atoms with Gasteiger partial charge in [-0.2, -0.15) is 0 Å². The van der Waals surface area contributed by atoms with Gasteiger partial charge in [0.1, 0.15) is 0 Å². The van der Waals surface area contributed by atoms with Crippen molar-refractivity contribution in [1.29, 1.82) is 0 Å². The molecule has 0 unspecified atom stereocenters. The van der Waals surface area contributed by atoms with E-state index in [4.69, 9.17) is 0 Å². The van der Waals surface area contributed by atoms with Crippen LogP contribution in [0.1, 0.15) is 19.3 Å². The molecule has 0 saturated heterocycles. The summed E-state index contributed by atoms with van der Waals surface area (Å²) < 4.78 is 0. The van der Waals surface area contributed by atoms with E-state index in [0.29, 0.717) is 0 Å². The molecule has 0 nitrogen and oxygen atoms in total. The van der Waals surface area contributed by atoms with Gasteiger partial charge in [0.15, 0.2) is 0 Å². The van der Waals surface area contributed by atoms with E-state index in [1.165, 1.54) is 19.3 Å². The minimum Gasteiger partial charge on any atom is -0.0779 e. The summed E-state index contributed by atoms with van der Waals surface area (Å²) in [5.41, 5.74) is 0. The van der Waals surface area contributed by atoms with Crippen molar-refractivity contribution in [2.75, 3.05) is 0 Å². The Labute approximate surface area is 44.2 Å². The van der Waals surface area contributed by atoms with E-state index in [2.05, 4.69) is 12.2 Å². The highest BCUT2D eigenvalue weighted by Gasteiger charge is 2.28. The summed E-state index contributed by atoms with van der Waals surface area (Å²) in [6, 6.07) is 0. The molecule has 0 atom stereocenters. The third kappa shape index (κ3) is 0.425. The molecule has 0 spiro atoms. The second-order valence-corrected chi connectivity index (χ2v) is 2.67. The molecule has 0 aromatic rings. The zero-order valence-corrected chi connectivity index (χ0v) is 4.35. The van der Waals surface area contributed by atoms with E-state index in [0.717, 1.165) is 11.8 Å². The van der Waals surface area contributed by atoms with E-state index in [1.54, 1.807) is 0 Å². The van der Waals surface area contributed by atoms with E-state index in [9.17, 15) is 0 Å². The summed E-state index contributed by atoms with van der Waals surface area (Å²) in [5.74, 6) is 1.98. The predicted octanol–water partition coefficient (Wildman–Crippen LogP) is 1.78. The Kier molecular flexibility index (Phi) is 0.592. The maximum absolute atomic E-state index is 3.26. The summed E-state index contributed by atoms with van der Waals surface area (Å²) in [7, 11) is 0. The first kappa shape index (κ1) is 3.71. The standard InChI is InChI=1S/C7H9/c1-2-6-4-7(3-1)5-6/h2,6-7H,3-5H2. The Hall–Kier alpha value is -0.260. The molecule has 0 amide bonds. The number of fused-ring (bicyclic) bond motifs is 1. The van der Waals surface area contributed by atoms with Crippen LogP contribution < -0.4 is 0 Å². The van der Waals surface area contributed by atoms with Gasteiger partial charge in [0, 0.05) is 0 Å². The van der Waals surface area contributed by atoms with Crippen LogP contribution in [0.2, 0.25) is 0 Å². The summed E-state index contributed by atoms with van der Waals surface area (Å²) in [6.45, 7) is 0. The van der Waals surface area contributed by atoms with Gasteiger partial charge in [0.05, 0.1) is 0 Å². The van der Waals surface area contributed by atoms with Gasteiger partial charge in [-0.1, -0.05) is 6.08 Å². The summed E-state index contributed by atoms with van der Waals surface area (Å²) >= 11 is 0. The fraction of sp³-hybridized carbons (Fsp3) is 0.714. The second-order valence-electron chi connectivity index (χ2n) is 2.67. The van der Waals surface area contributed by atoms with Crippen molar-refractivity contribution in [1.82, 2.24) is 0 Å². The SMILES string of the molecule is [C]1=CC2CC(C1)C2. The van der Waals surface area contributed by atoms with Gasteiger partial charge >= 0.3 is 0 Å². The molecular weight excluding hydrogens is 84.1 g/mol. The fourth-order valence-corrected chi connectivity index (χ4v) is 1.49. The van der Waals surface area contributed by atoms with Gasteiger partial charge in [-0.15, -0.1) is 0 Å². The molecule has 1 fully saturated rings. The first-order valence-electron chi connectivity index (χ1n) is 3.02. The molecule has 7 heavy (non-hydrogen) atoms. The van der Waals surface area contributed by atoms with Crippen LogP contribution in [0.25, 0.3) is 0 Å². The van der Waals surface area contributed by atoms with Gasteiger partial charge in [-0.25, -0.2) is 0 Å².